The lowest BCUT2D eigenvalue weighted by molar-refractivity contribution is -0.144. The molecule has 1 aliphatic heterocycles. The summed E-state index contributed by atoms with van der Waals surface area (Å²) < 4.78 is 0. The third-order valence-electron chi connectivity index (χ3n) is 4.96. The average Bonchev–Trinajstić information content (AvgIpc) is 3.17. The van der Waals surface area contributed by atoms with Crippen LogP contribution in [0.3, 0.4) is 0 Å². The highest BCUT2D eigenvalue weighted by Gasteiger charge is 2.39. The standard InChI is InChI=1S/C19H32N4O7S/c1-10(2)8-11(20)16(26)21-12(5-6-15(24)25)18(28)23-7-3-4-14(23)17(27)22-13(9-31)19(29)30/h10-14,31H,3-9,20H2,1-2H3,(H,21,26)(H,22,27)(H,24,25)(H,29,30). The van der Waals surface area contributed by atoms with Crippen molar-refractivity contribution in [1.29, 1.82) is 0 Å². The molecule has 12 heteroatoms. The molecule has 1 rings (SSSR count). The first kappa shape index (κ1) is 26.7. The minimum atomic E-state index is -1.25. The molecule has 0 bridgehead atoms. The van der Waals surface area contributed by atoms with E-state index in [0.717, 1.165) is 0 Å². The predicted octanol–water partition coefficient (Wildman–Crippen LogP) is -0.800. The summed E-state index contributed by atoms with van der Waals surface area (Å²) >= 11 is 3.90. The Hall–Kier alpha value is -2.34. The molecule has 4 unspecified atom stereocenters. The van der Waals surface area contributed by atoms with Crippen molar-refractivity contribution in [1.82, 2.24) is 15.5 Å². The number of hydrogen-bond donors (Lipinski definition) is 6. The van der Waals surface area contributed by atoms with E-state index in [1.165, 1.54) is 4.90 Å². The van der Waals surface area contributed by atoms with Crippen molar-refractivity contribution in [2.45, 2.75) is 70.1 Å². The maximum atomic E-state index is 13.1. The molecule has 0 aromatic rings. The van der Waals surface area contributed by atoms with Crippen molar-refractivity contribution in [3.8, 4) is 0 Å². The topological polar surface area (TPSA) is 179 Å². The van der Waals surface area contributed by atoms with Crippen LogP contribution in [0, 0.1) is 5.92 Å². The molecule has 1 heterocycles. The largest absolute Gasteiger partial charge is 0.481 e. The number of carbonyl (C=O) groups is 5. The first-order chi connectivity index (χ1) is 14.5. The minimum Gasteiger partial charge on any atom is -0.481 e. The summed E-state index contributed by atoms with van der Waals surface area (Å²) in [6.45, 7) is 4.01. The normalized spacial score (nSPS) is 18.9. The Bertz CT molecular complexity index is 688. The number of amides is 3. The number of nitrogens with zero attached hydrogens (tertiary/aromatic N) is 1. The molecule has 0 radical (unpaired) electrons. The molecule has 0 saturated carbocycles. The van der Waals surface area contributed by atoms with Crippen molar-refractivity contribution in [3.63, 3.8) is 0 Å². The van der Waals surface area contributed by atoms with Crippen molar-refractivity contribution in [2.24, 2.45) is 11.7 Å². The smallest absolute Gasteiger partial charge is 0.327 e. The van der Waals surface area contributed by atoms with Crippen molar-refractivity contribution >= 4 is 42.3 Å². The quantitative estimate of drug-likeness (QED) is 0.205. The SMILES string of the molecule is CC(C)CC(N)C(=O)NC(CCC(=O)O)C(=O)N1CCCC1C(=O)NC(CS)C(=O)O. The second-order valence-electron chi connectivity index (χ2n) is 8.00. The molecule has 0 aliphatic carbocycles. The van der Waals surface area contributed by atoms with Crippen LogP contribution in [0.15, 0.2) is 0 Å². The Labute approximate surface area is 186 Å². The molecule has 1 fully saturated rings. The molecular weight excluding hydrogens is 428 g/mol. The summed E-state index contributed by atoms with van der Waals surface area (Å²) in [5.74, 6) is -4.15. The number of nitrogens with one attached hydrogen (secondary N) is 2. The van der Waals surface area contributed by atoms with Crippen molar-refractivity contribution in [3.05, 3.63) is 0 Å². The maximum absolute atomic E-state index is 13.1. The number of thiol groups is 1. The zero-order valence-corrected chi connectivity index (χ0v) is 18.6. The summed E-state index contributed by atoms with van der Waals surface area (Å²) in [6, 6.07) is -4.13. The van der Waals surface area contributed by atoms with E-state index in [0.29, 0.717) is 19.3 Å². The van der Waals surface area contributed by atoms with Gasteiger partial charge in [-0.2, -0.15) is 12.6 Å². The number of carboxylic acid groups (broad SMARTS) is 2. The number of carboxylic acids is 2. The van der Waals surface area contributed by atoms with Gasteiger partial charge in [-0.25, -0.2) is 4.79 Å². The van der Waals surface area contributed by atoms with Crippen LogP contribution in [0.2, 0.25) is 0 Å². The molecule has 4 atom stereocenters. The van der Waals surface area contributed by atoms with Crippen LogP contribution >= 0.6 is 12.6 Å². The van der Waals surface area contributed by atoms with Crippen LogP contribution in [0.1, 0.15) is 46.0 Å². The van der Waals surface area contributed by atoms with E-state index in [4.69, 9.17) is 15.9 Å². The maximum Gasteiger partial charge on any atom is 0.327 e. The predicted molar refractivity (Wildman–Crippen MR) is 114 cm³/mol. The van der Waals surface area contributed by atoms with E-state index >= 15 is 0 Å². The highest BCUT2D eigenvalue weighted by molar-refractivity contribution is 7.80. The van der Waals surface area contributed by atoms with Gasteiger partial charge in [-0.1, -0.05) is 13.8 Å². The van der Waals surface area contributed by atoms with Gasteiger partial charge in [-0.3, -0.25) is 19.2 Å². The van der Waals surface area contributed by atoms with Gasteiger partial charge in [0.1, 0.15) is 18.1 Å². The molecule has 1 aliphatic rings. The molecule has 176 valence electrons. The zero-order chi connectivity index (χ0) is 23.7. The number of aliphatic carboxylic acids is 2. The lowest BCUT2D eigenvalue weighted by atomic mass is 10.0. The number of rotatable bonds is 12. The number of hydrogen-bond acceptors (Lipinski definition) is 7. The monoisotopic (exact) mass is 460 g/mol. The second-order valence-corrected chi connectivity index (χ2v) is 8.37. The molecule has 0 spiro atoms. The van der Waals surface area contributed by atoms with Gasteiger partial charge in [-0.15, -0.1) is 0 Å². The summed E-state index contributed by atoms with van der Waals surface area (Å²) in [4.78, 5) is 61.5. The Balaban J connectivity index is 2.95. The van der Waals surface area contributed by atoms with E-state index in [1.807, 2.05) is 13.8 Å². The van der Waals surface area contributed by atoms with Gasteiger partial charge in [0, 0.05) is 18.7 Å². The summed E-state index contributed by atoms with van der Waals surface area (Å²) in [5, 5.41) is 23.0. The third-order valence-corrected chi connectivity index (χ3v) is 5.32. The number of likely N-dealkylation sites (tertiary alicyclic amines) is 1. The lowest BCUT2D eigenvalue weighted by Gasteiger charge is -2.29. The Morgan fingerprint density at radius 3 is 2.29 bits per heavy atom. The Kier molecular flexibility index (Phi) is 10.8. The van der Waals surface area contributed by atoms with Gasteiger partial charge in [0.15, 0.2) is 0 Å². The highest BCUT2D eigenvalue weighted by atomic mass is 32.1. The van der Waals surface area contributed by atoms with Crippen LogP contribution in [0.5, 0.6) is 0 Å². The third kappa shape index (κ3) is 8.37. The van der Waals surface area contributed by atoms with E-state index in [1.54, 1.807) is 0 Å². The zero-order valence-electron chi connectivity index (χ0n) is 17.7. The van der Waals surface area contributed by atoms with Gasteiger partial charge in [0.25, 0.3) is 0 Å². The van der Waals surface area contributed by atoms with Gasteiger partial charge in [-0.05, 0) is 31.6 Å². The molecule has 31 heavy (non-hydrogen) atoms. The molecule has 0 aromatic heterocycles. The number of nitrogens with two attached hydrogens (primary N) is 1. The van der Waals surface area contributed by atoms with Gasteiger partial charge in [0.05, 0.1) is 6.04 Å². The second kappa shape index (κ2) is 12.5. The number of carbonyl (C=O) groups excluding carboxylic acids is 3. The van der Waals surface area contributed by atoms with E-state index in [2.05, 4.69) is 23.3 Å². The first-order valence-corrected chi connectivity index (χ1v) is 10.8. The van der Waals surface area contributed by atoms with Crippen LogP contribution in [-0.4, -0.2) is 81.2 Å². The first-order valence-electron chi connectivity index (χ1n) is 10.2. The molecule has 1 saturated heterocycles. The van der Waals surface area contributed by atoms with Crippen molar-refractivity contribution in [2.75, 3.05) is 12.3 Å². The lowest BCUT2D eigenvalue weighted by Crippen LogP contribution is -2.57. The van der Waals surface area contributed by atoms with Gasteiger partial charge in [0.2, 0.25) is 17.7 Å². The summed E-state index contributed by atoms with van der Waals surface area (Å²) in [5.41, 5.74) is 5.87. The molecule has 3 amide bonds. The minimum absolute atomic E-state index is 0.118. The van der Waals surface area contributed by atoms with Gasteiger partial charge >= 0.3 is 11.9 Å². The van der Waals surface area contributed by atoms with E-state index in [9.17, 15) is 24.0 Å². The molecule has 11 nitrogen and oxygen atoms in total. The summed E-state index contributed by atoms with van der Waals surface area (Å²) in [7, 11) is 0. The van der Waals surface area contributed by atoms with E-state index in [-0.39, 0.29) is 31.1 Å². The molecular formula is C19H32N4O7S. The summed E-state index contributed by atoms with van der Waals surface area (Å²) in [6.07, 6.45) is 0.702. The fraction of sp³-hybridized carbons (Fsp3) is 0.737. The fourth-order valence-corrected chi connectivity index (χ4v) is 3.62. The van der Waals surface area contributed by atoms with Crippen LogP contribution in [-0.2, 0) is 24.0 Å². The van der Waals surface area contributed by atoms with Gasteiger partial charge < -0.3 is 31.5 Å². The van der Waals surface area contributed by atoms with Crippen LogP contribution < -0.4 is 16.4 Å². The highest BCUT2D eigenvalue weighted by Crippen LogP contribution is 2.20. The van der Waals surface area contributed by atoms with Crippen LogP contribution in [0.4, 0.5) is 0 Å². The molecule has 6 N–H and O–H groups in total. The fourth-order valence-electron chi connectivity index (χ4n) is 3.38. The average molecular weight is 461 g/mol. The van der Waals surface area contributed by atoms with Crippen molar-refractivity contribution < 1.29 is 34.2 Å². The van der Waals surface area contributed by atoms with E-state index < -0.39 is 53.8 Å². The Morgan fingerprint density at radius 1 is 1.13 bits per heavy atom. The van der Waals surface area contributed by atoms with Crippen LogP contribution in [0.25, 0.3) is 0 Å². The molecule has 0 aromatic carbocycles. The Morgan fingerprint density at radius 2 is 1.77 bits per heavy atom.